The quantitative estimate of drug-likeness (QED) is 0.654. The van der Waals surface area contributed by atoms with Gasteiger partial charge < -0.3 is 15.1 Å². The average molecular weight is 484 g/mol. The van der Waals surface area contributed by atoms with E-state index in [1.807, 2.05) is 11.0 Å². The number of hydrogen-bond donors (Lipinski definition) is 1. The van der Waals surface area contributed by atoms with Gasteiger partial charge in [-0.3, -0.25) is 9.59 Å². The zero-order valence-corrected chi connectivity index (χ0v) is 21.5. The van der Waals surface area contributed by atoms with Gasteiger partial charge >= 0.3 is 0 Å². The van der Waals surface area contributed by atoms with E-state index in [1.54, 1.807) is 12.1 Å². The summed E-state index contributed by atoms with van der Waals surface area (Å²) in [5.74, 6) is 1.94. The van der Waals surface area contributed by atoms with E-state index in [2.05, 4.69) is 24.1 Å². The van der Waals surface area contributed by atoms with Crippen LogP contribution in [0.4, 0.5) is 4.39 Å². The lowest BCUT2D eigenvalue weighted by atomic mass is 9.63. The van der Waals surface area contributed by atoms with Gasteiger partial charge in [-0.25, -0.2) is 4.39 Å². The van der Waals surface area contributed by atoms with Crippen molar-refractivity contribution in [2.45, 2.75) is 83.1 Å². The Morgan fingerprint density at radius 2 is 1.80 bits per heavy atom. The smallest absolute Gasteiger partial charge is 0.233 e. The predicted octanol–water partition coefficient (Wildman–Crippen LogP) is 4.81. The summed E-state index contributed by atoms with van der Waals surface area (Å²) < 4.78 is 14.7. The second-order valence-electron chi connectivity index (χ2n) is 11.8. The zero-order chi connectivity index (χ0) is 24.6. The summed E-state index contributed by atoms with van der Waals surface area (Å²) in [4.78, 5) is 31.0. The Morgan fingerprint density at radius 1 is 1.06 bits per heavy atom. The van der Waals surface area contributed by atoms with E-state index in [0.717, 1.165) is 75.2 Å². The first-order valence-corrected chi connectivity index (χ1v) is 14.0. The highest BCUT2D eigenvalue weighted by Crippen LogP contribution is 2.51. The molecular weight excluding hydrogens is 441 g/mol. The standard InChI is InChI=1S/C29H42FN3O2/c1-20(2)21-6-8-22(9-7-21)27-24-19-23(30)10-11-25(24)29(12-14-31-15-13-29)28(35)33(27)18-17-32-16-4-3-5-26(32)34/h10-11,19-22,27,31H,3-9,12-18H2,1-2H3. The van der Waals surface area contributed by atoms with Crippen LogP contribution in [0.5, 0.6) is 0 Å². The van der Waals surface area contributed by atoms with Crippen LogP contribution in [0.2, 0.25) is 0 Å². The highest BCUT2D eigenvalue weighted by Gasteiger charge is 2.52. The molecule has 5 nitrogen and oxygen atoms in total. The first-order chi connectivity index (χ1) is 16.9. The number of carbonyl (C=O) groups is 2. The molecule has 5 rings (SSSR count). The van der Waals surface area contributed by atoms with Crippen LogP contribution >= 0.6 is 0 Å². The maximum Gasteiger partial charge on any atom is 0.233 e. The van der Waals surface area contributed by atoms with Crippen LogP contribution in [-0.2, 0) is 15.0 Å². The number of benzene rings is 1. The molecule has 1 saturated carbocycles. The molecule has 1 unspecified atom stereocenters. The molecule has 0 aromatic heterocycles. The van der Waals surface area contributed by atoms with Gasteiger partial charge in [-0.15, -0.1) is 0 Å². The fourth-order valence-corrected chi connectivity index (χ4v) is 7.44. The van der Waals surface area contributed by atoms with Crippen molar-refractivity contribution in [3.05, 3.63) is 35.1 Å². The van der Waals surface area contributed by atoms with Crippen molar-refractivity contribution >= 4 is 11.8 Å². The van der Waals surface area contributed by atoms with Crippen molar-refractivity contribution in [3.63, 3.8) is 0 Å². The molecule has 4 aliphatic rings. The Bertz CT molecular complexity index is 934. The van der Waals surface area contributed by atoms with Crippen molar-refractivity contribution in [2.24, 2.45) is 17.8 Å². The number of amides is 2. The number of hydrogen-bond acceptors (Lipinski definition) is 3. The minimum atomic E-state index is -0.578. The molecule has 2 saturated heterocycles. The molecule has 1 atom stereocenters. The van der Waals surface area contributed by atoms with E-state index in [0.29, 0.717) is 31.3 Å². The summed E-state index contributed by atoms with van der Waals surface area (Å²) in [5.41, 5.74) is 1.52. The van der Waals surface area contributed by atoms with Crippen LogP contribution in [0.3, 0.4) is 0 Å². The van der Waals surface area contributed by atoms with Gasteiger partial charge in [0.15, 0.2) is 0 Å². The third kappa shape index (κ3) is 4.63. The van der Waals surface area contributed by atoms with Crippen molar-refractivity contribution in [1.82, 2.24) is 15.1 Å². The highest BCUT2D eigenvalue weighted by atomic mass is 19.1. The van der Waals surface area contributed by atoms with E-state index < -0.39 is 5.41 Å². The summed E-state index contributed by atoms with van der Waals surface area (Å²) >= 11 is 0. The summed E-state index contributed by atoms with van der Waals surface area (Å²) in [5, 5.41) is 3.42. The van der Waals surface area contributed by atoms with Gasteiger partial charge in [-0.2, -0.15) is 0 Å². The van der Waals surface area contributed by atoms with Gasteiger partial charge in [0.05, 0.1) is 11.5 Å². The molecule has 1 aromatic rings. The molecule has 6 heteroatoms. The molecule has 0 radical (unpaired) electrons. The lowest BCUT2D eigenvalue weighted by molar-refractivity contribution is -0.147. The van der Waals surface area contributed by atoms with Gasteiger partial charge in [0.2, 0.25) is 11.8 Å². The number of fused-ring (bicyclic) bond motifs is 2. The van der Waals surface area contributed by atoms with Crippen molar-refractivity contribution in [3.8, 4) is 0 Å². The molecule has 2 amide bonds. The molecule has 35 heavy (non-hydrogen) atoms. The number of likely N-dealkylation sites (tertiary alicyclic amines) is 1. The Labute approximate surface area is 209 Å². The van der Waals surface area contributed by atoms with Gasteiger partial charge in [-0.05, 0) is 105 Å². The third-order valence-electron chi connectivity index (χ3n) is 9.55. The van der Waals surface area contributed by atoms with E-state index in [-0.39, 0.29) is 23.7 Å². The van der Waals surface area contributed by atoms with E-state index >= 15 is 0 Å². The third-order valence-corrected chi connectivity index (χ3v) is 9.55. The fraction of sp³-hybridized carbons (Fsp3) is 0.724. The topological polar surface area (TPSA) is 52.7 Å². The largest absolute Gasteiger partial charge is 0.341 e. The summed E-state index contributed by atoms with van der Waals surface area (Å²) in [6.45, 7) is 8.12. The van der Waals surface area contributed by atoms with Crippen molar-refractivity contribution in [1.29, 1.82) is 0 Å². The normalized spacial score (nSPS) is 29.1. The second-order valence-corrected chi connectivity index (χ2v) is 11.8. The molecule has 3 aliphatic heterocycles. The SMILES string of the molecule is CC(C)C1CCC(C2c3cc(F)ccc3C3(CCNCC3)C(=O)N2CCN2CCCCC2=O)CC1. The molecule has 1 aromatic carbocycles. The lowest BCUT2D eigenvalue weighted by Gasteiger charge is -2.52. The lowest BCUT2D eigenvalue weighted by Crippen LogP contribution is -2.59. The molecular formula is C29H42FN3O2. The number of halogens is 1. The number of nitrogens with one attached hydrogen (secondary N) is 1. The Morgan fingerprint density at radius 3 is 2.49 bits per heavy atom. The number of nitrogens with zero attached hydrogens (tertiary/aromatic N) is 2. The highest BCUT2D eigenvalue weighted by molar-refractivity contribution is 5.91. The number of rotatable bonds is 5. The Hall–Kier alpha value is -1.95. The average Bonchev–Trinajstić information content (AvgIpc) is 2.87. The van der Waals surface area contributed by atoms with Gasteiger partial charge in [0.1, 0.15) is 5.82 Å². The number of piperidine rings is 2. The summed E-state index contributed by atoms with van der Waals surface area (Å²) in [7, 11) is 0. The van der Waals surface area contributed by atoms with E-state index in [9.17, 15) is 14.0 Å². The van der Waals surface area contributed by atoms with Crippen LogP contribution in [0.15, 0.2) is 18.2 Å². The molecule has 3 fully saturated rings. The Balaban J connectivity index is 1.51. The maximum atomic E-state index is 14.7. The van der Waals surface area contributed by atoms with Crippen LogP contribution in [0.1, 0.15) is 88.8 Å². The minimum absolute atomic E-state index is 0.0956. The summed E-state index contributed by atoms with van der Waals surface area (Å²) in [6.07, 6.45) is 8.59. The van der Waals surface area contributed by atoms with E-state index in [1.165, 1.54) is 12.8 Å². The van der Waals surface area contributed by atoms with Crippen molar-refractivity contribution < 1.29 is 14.0 Å². The number of carbonyl (C=O) groups excluding carboxylic acids is 2. The predicted molar refractivity (Wildman–Crippen MR) is 135 cm³/mol. The fourth-order valence-electron chi connectivity index (χ4n) is 7.44. The zero-order valence-electron chi connectivity index (χ0n) is 21.5. The van der Waals surface area contributed by atoms with E-state index in [4.69, 9.17) is 0 Å². The molecule has 1 spiro atoms. The molecule has 1 aliphatic carbocycles. The van der Waals surface area contributed by atoms with Gasteiger partial charge in [0.25, 0.3) is 0 Å². The van der Waals surface area contributed by atoms with Gasteiger partial charge in [0, 0.05) is 26.1 Å². The molecule has 0 bridgehead atoms. The first-order valence-electron chi connectivity index (χ1n) is 14.0. The first kappa shape index (κ1) is 24.7. The molecule has 1 N–H and O–H groups in total. The summed E-state index contributed by atoms with van der Waals surface area (Å²) in [6, 6.07) is 5.09. The molecule has 192 valence electrons. The monoisotopic (exact) mass is 483 g/mol. The van der Waals surface area contributed by atoms with Crippen molar-refractivity contribution in [2.75, 3.05) is 32.7 Å². The second kappa shape index (κ2) is 10.2. The van der Waals surface area contributed by atoms with Crippen LogP contribution in [0, 0.1) is 23.6 Å². The maximum absolute atomic E-state index is 14.7. The van der Waals surface area contributed by atoms with Crippen LogP contribution in [-0.4, -0.2) is 54.3 Å². The van der Waals surface area contributed by atoms with Crippen LogP contribution in [0.25, 0.3) is 0 Å². The van der Waals surface area contributed by atoms with Gasteiger partial charge in [-0.1, -0.05) is 19.9 Å². The van der Waals surface area contributed by atoms with Crippen LogP contribution < -0.4 is 5.32 Å². The molecule has 3 heterocycles. The Kier molecular flexibility index (Phi) is 7.20. The minimum Gasteiger partial charge on any atom is -0.341 e.